The number of ketones is 1. The minimum atomic E-state index is -3.79. The summed E-state index contributed by atoms with van der Waals surface area (Å²) in [4.78, 5) is 13.5. The van der Waals surface area contributed by atoms with Crippen molar-refractivity contribution >= 4 is 21.9 Å². The number of Topliss-reactive ketones (excluding diaryl/α,β-unsaturated/α-hetero) is 1. The van der Waals surface area contributed by atoms with E-state index in [1.54, 1.807) is 6.08 Å². The Labute approximate surface area is 182 Å². The first-order chi connectivity index (χ1) is 14.2. The smallest absolute Gasteiger partial charge is 0.237 e. The predicted octanol–water partition coefficient (Wildman–Crippen LogP) is 5.56. The molecule has 2 aliphatic rings. The van der Waals surface area contributed by atoms with Gasteiger partial charge in [-0.15, -0.1) is 0 Å². The van der Waals surface area contributed by atoms with Gasteiger partial charge in [-0.1, -0.05) is 77.3 Å². The molecule has 1 N–H and O–H groups in total. The molecule has 2 saturated carbocycles. The molecule has 0 saturated heterocycles. The summed E-state index contributed by atoms with van der Waals surface area (Å²) < 4.78 is 30.3. The van der Waals surface area contributed by atoms with Gasteiger partial charge >= 0.3 is 0 Å². The van der Waals surface area contributed by atoms with Crippen LogP contribution >= 0.6 is 0 Å². The maximum atomic E-state index is 13.7. The number of benzene rings is 1. The number of nitrogens with one attached hydrogen (secondary N) is 1. The van der Waals surface area contributed by atoms with Gasteiger partial charge < -0.3 is 0 Å². The lowest BCUT2D eigenvalue weighted by atomic mass is 9.68. The standard InChI is InChI=1S/C25H37NO3S/c1-5-7-11-19(6-2)18-26-30(28,29)23(16-20-12-9-8-10-13-20)25-15-14-21(17-22(25)27)24(25,3)4/h8-10,12-13,16,19,21,26H,5-7,11,14-15,17-18H2,1-4H3. The number of hydrogen-bond donors (Lipinski definition) is 1. The molecule has 4 nitrogen and oxygen atoms in total. The van der Waals surface area contributed by atoms with Crippen LogP contribution in [0.2, 0.25) is 0 Å². The van der Waals surface area contributed by atoms with Crippen molar-refractivity contribution in [3.63, 3.8) is 0 Å². The van der Waals surface area contributed by atoms with E-state index >= 15 is 0 Å². The summed E-state index contributed by atoms with van der Waals surface area (Å²) in [5.41, 5.74) is -0.458. The molecule has 0 spiro atoms. The van der Waals surface area contributed by atoms with Crippen LogP contribution in [0.5, 0.6) is 0 Å². The fraction of sp³-hybridized carbons (Fsp3) is 0.640. The van der Waals surface area contributed by atoms with Crippen molar-refractivity contribution in [3.8, 4) is 0 Å². The van der Waals surface area contributed by atoms with Crippen molar-refractivity contribution in [2.75, 3.05) is 6.54 Å². The summed E-state index contributed by atoms with van der Waals surface area (Å²) in [5.74, 6) is 0.667. The van der Waals surface area contributed by atoms with E-state index in [9.17, 15) is 13.2 Å². The average molecular weight is 432 g/mol. The van der Waals surface area contributed by atoms with E-state index in [1.807, 2.05) is 30.3 Å². The molecule has 0 amide bonds. The molecule has 30 heavy (non-hydrogen) atoms. The molecule has 3 atom stereocenters. The molecule has 0 aliphatic heterocycles. The van der Waals surface area contributed by atoms with Crippen LogP contribution in [0.4, 0.5) is 0 Å². The molecular weight excluding hydrogens is 394 g/mol. The Kier molecular flexibility index (Phi) is 6.93. The van der Waals surface area contributed by atoms with E-state index in [-0.39, 0.29) is 22.0 Å². The fourth-order valence-electron chi connectivity index (χ4n) is 5.63. The molecule has 166 valence electrons. The third-order valence-corrected chi connectivity index (χ3v) is 9.40. The van der Waals surface area contributed by atoms with E-state index in [2.05, 4.69) is 32.4 Å². The Morgan fingerprint density at radius 1 is 1.23 bits per heavy atom. The number of unbranched alkanes of at least 4 members (excludes halogenated alkanes) is 1. The number of sulfonamides is 1. The quantitative estimate of drug-likeness (QED) is 0.527. The highest BCUT2D eigenvalue weighted by Gasteiger charge is 2.67. The predicted molar refractivity (Wildman–Crippen MR) is 123 cm³/mol. The summed E-state index contributed by atoms with van der Waals surface area (Å²) in [6.07, 6.45) is 7.94. The van der Waals surface area contributed by atoms with E-state index in [1.165, 1.54) is 0 Å². The number of hydrogen-bond acceptors (Lipinski definition) is 3. The highest BCUT2D eigenvalue weighted by Crippen LogP contribution is 2.67. The number of fused-ring (bicyclic) bond motifs is 2. The van der Waals surface area contributed by atoms with Crippen LogP contribution in [-0.4, -0.2) is 20.7 Å². The maximum Gasteiger partial charge on any atom is 0.237 e. The van der Waals surface area contributed by atoms with Crippen LogP contribution in [0.1, 0.15) is 78.2 Å². The zero-order valence-corrected chi connectivity index (χ0v) is 19.7. The maximum absolute atomic E-state index is 13.7. The zero-order valence-electron chi connectivity index (χ0n) is 18.9. The molecule has 5 heteroatoms. The van der Waals surface area contributed by atoms with E-state index in [0.29, 0.717) is 25.3 Å². The molecule has 1 aromatic rings. The zero-order chi connectivity index (χ0) is 22.0. The van der Waals surface area contributed by atoms with Gasteiger partial charge in [0.25, 0.3) is 0 Å². The van der Waals surface area contributed by atoms with Gasteiger partial charge in [0.2, 0.25) is 10.0 Å². The lowest BCUT2D eigenvalue weighted by Gasteiger charge is -2.38. The summed E-state index contributed by atoms with van der Waals surface area (Å²) >= 11 is 0. The average Bonchev–Trinajstić information content (AvgIpc) is 3.08. The molecule has 3 unspecified atom stereocenters. The Morgan fingerprint density at radius 2 is 1.93 bits per heavy atom. The molecule has 1 aromatic carbocycles. The second-order valence-corrected chi connectivity index (χ2v) is 11.4. The molecular formula is C25H37NO3S. The topological polar surface area (TPSA) is 63.2 Å². The van der Waals surface area contributed by atoms with Crippen molar-refractivity contribution in [1.82, 2.24) is 4.72 Å². The second-order valence-electron chi connectivity index (χ2n) is 9.68. The number of carbonyl (C=O) groups is 1. The Bertz CT molecular complexity index is 888. The van der Waals surface area contributed by atoms with Crippen molar-refractivity contribution < 1.29 is 13.2 Å². The van der Waals surface area contributed by atoms with Crippen LogP contribution < -0.4 is 4.72 Å². The lowest BCUT2D eigenvalue weighted by molar-refractivity contribution is -0.126. The van der Waals surface area contributed by atoms with E-state index in [4.69, 9.17) is 0 Å². The summed E-state index contributed by atoms with van der Waals surface area (Å²) in [5, 5.41) is 0. The van der Waals surface area contributed by atoms with Crippen molar-refractivity contribution in [1.29, 1.82) is 0 Å². The SMILES string of the molecule is CCCCC(CC)CNS(=O)(=O)C(=Cc1ccccc1)C12CCC(CC1=O)C2(C)C. The lowest BCUT2D eigenvalue weighted by Crippen LogP contribution is -2.44. The van der Waals surface area contributed by atoms with Gasteiger partial charge in [-0.3, -0.25) is 4.79 Å². The van der Waals surface area contributed by atoms with Crippen LogP contribution in [-0.2, 0) is 14.8 Å². The first kappa shape index (κ1) is 23.2. The second kappa shape index (κ2) is 8.96. The minimum Gasteiger partial charge on any atom is -0.299 e. The van der Waals surface area contributed by atoms with Crippen LogP contribution in [0.3, 0.4) is 0 Å². The Hall–Kier alpha value is -1.46. The van der Waals surface area contributed by atoms with E-state index in [0.717, 1.165) is 37.7 Å². The molecule has 2 aliphatic carbocycles. The van der Waals surface area contributed by atoms with Crippen molar-refractivity contribution in [3.05, 3.63) is 40.8 Å². The molecule has 0 aromatic heterocycles. The normalized spacial score (nSPS) is 26.9. The van der Waals surface area contributed by atoms with Gasteiger partial charge in [-0.25, -0.2) is 13.1 Å². The van der Waals surface area contributed by atoms with Gasteiger partial charge in [0.15, 0.2) is 0 Å². The molecule has 2 bridgehead atoms. The van der Waals surface area contributed by atoms with Crippen LogP contribution in [0.25, 0.3) is 6.08 Å². The first-order valence-electron chi connectivity index (χ1n) is 11.5. The first-order valence-corrected chi connectivity index (χ1v) is 13.0. The van der Waals surface area contributed by atoms with Crippen molar-refractivity contribution in [2.45, 2.75) is 72.6 Å². The van der Waals surface area contributed by atoms with Crippen LogP contribution in [0, 0.1) is 22.7 Å². The highest BCUT2D eigenvalue weighted by atomic mass is 32.2. The summed E-state index contributed by atoms with van der Waals surface area (Å²) in [7, 11) is -3.79. The minimum absolute atomic E-state index is 0.0920. The number of allylic oxidation sites excluding steroid dienone is 1. The molecule has 0 heterocycles. The number of carbonyl (C=O) groups excluding carboxylic acids is 1. The Balaban J connectivity index is 2.01. The van der Waals surface area contributed by atoms with Crippen molar-refractivity contribution in [2.24, 2.45) is 22.7 Å². The van der Waals surface area contributed by atoms with Gasteiger partial charge in [-0.2, -0.15) is 0 Å². The fourth-order valence-corrected chi connectivity index (χ4v) is 7.47. The third-order valence-electron chi connectivity index (χ3n) is 7.81. The van der Waals surface area contributed by atoms with Gasteiger partial charge in [-0.05, 0) is 48.2 Å². The summed E-state index contributed by atoms with van der Waals surface area (Å²) in [6, 6.07) is 9.52. The van der Waals surface area contributed by atoms with Gasteiger partial charge in [0, 0.05) is 13.0 Å². The monoisotopic (exact) mass is 431 g/mol. The number of rotatable bonds is 10. The largest absolute Gasteiger partial charge is 0.299 e. The molecule has 0 radical (unpaired) electrons. The van der Waals surface area contributed by atoms with Gasteiger partial charge in [0.05, 0.1) is 10.3 Å². The summed E-state index contributed by atoms with van der Waals surface area (Å²) in [6.45, 7) is 8.86. The molecule has 3 rings (SSSR count). The molecule has 2 fully saturated rings. The van der Waals surface area contributed by atoms with Crippen LogP contribution in [0.15, 0.2) is 35.2 Å². The third kappa shape index (κ3) is 4.03. The van der Waals surface area contributed by atoms with Gasteiger partial charge in [0.1, 0.15) is 5.78 Å². The Morgan fingerprint density at radius 3 is 2.47 bits per heavy atom. The van der Waals surface area contributed by atoms with E-state index < -0.39 is 15.4 Å². The highest BCUT2D eigenvalue weighted by molar-refractivity contribution is 7.93.